The number of benzene rings is 1. The van der Waals surface area contributed by atoms with Gasteiger partial charge >= 0.3 is 0 Å². The summed E-state index contributed by atoms with van der Waals surface area (Å²) in [4.78, 5) is 0. The number of hydrogen-bond acceptors (Lipinski definition) is 4. The minimum absolute atomic E-state index is 0.123. The van der Waals surface area contributed by atoms with Crippen molar-refractivity contribution in [3.63, 3.8) is 0 Å². The van der Waals surface area contributed by atoms with Crippen LogP contribution < -0.4 is 15.2 Å². The van der Waals surface area contributed by atoms with E-state index in [1.807, 2.05) is 0 Å². The summed E-state index contributed by atoms with van der Waals surface area (Å²) in [6, 6.07) is 1.93. The lowest BCUT2D eigenvalue weighted by atomic mass is 9.95. The van der Waals surface area contributed by atoms with Crippen LogP contribution >= 0.6 is 0 Å². The molecule has 2 aliphatic carbocycles. The van der Waals surface area contributed by atoms with Crippen LogP contribution in [0.2, 0.25) is 0 Å². The third kappa shape index (κ3) is 1.86. The zero-order chi connectivity index (χ0) is 14.3. The molecule has 0 aliphatic heterocycles. The number of methoxy groups -OCH3 is 2. The molecule has 1 atom stereocenters. The van der Waals surface area contributed by atoms with E-state index in [0.29, 0.717) is 11.5 Å². The summed E-state index contributed by atoms with van der Waals surface area (Å²) in [5.41, 5.74) is 11.2. The Morgan fingerprint density at radius 1 is 1.15 bits per heavy atom. The highest BCUT2D eigenvalue weighted by atomic mass is 16.5. The molecule has 3 N–H and O–H groups in total. The molecule has 0 aromatic heterocycles. The van der Waals surface area contributed by atoms with Gasteiger partial charge in [-0.15, -0.1) is 0 Å². The number of hydrogen-bond donors (Lipinski definition) is 2. The van der Waals surface area contributed by atoms with Crippen LogP contribution in [0.1, 0.15) is 36.8 Å². The Balaban J connectivity index is 2.28. The number of nitrogens with two attached hydrogens (primary N) is 1. The lowest BCUT2D eigenvalue weighted by Crippen LogP contribution is -2.22. The standard InChI is InChI=1S/C16H21NO3/c1-19-15-13(18)8-9-6-7-12(17)10-4-3-5-11(10)14(9)16(15)20-2/h8,12,18H,3-7,17H2,1-2H3. The first-order chi connectivity index (χ1) is 9.67. The zero-order valence-corrected chi connectivity index (χ0v) is 12.0. The highest BCUT2D eigenvalue weighted by molar-refractivity contribution is 5.82. The maximum atomic E-state index is 10.1. The minimum Gasteiger partial charge on any atom is -0.504 e. The van der Waals surface area contributed by atoms with E-state index < -0.39 is 0 Å². The van der Waals surface area contributed by atoms with Gasteiger partial charge in [0.1, 0.15) is 0 Å². The Morgan fingerprint density at radius 3 is 2.60 bits per heavy atom. The molecule has 0 saturated heterocycles. The normalized spacial score (nSPS) is 21.2. The average molecular weight is 275 g/mol. The molecule has 1 aromatic rings. The van der Waals surface area contributed by atoms with Gasteiger partial charge in [0, 0.05) is 11.6 Å². The van der Waals surface area contributed by atoms with E-state index in [1.165, 1.54) is 11.1 Å². The van der Waals surface area contributed by atoms with E-state index in [4.69, 9.17) is 15.2 Å². The second-order valence-corrected chi connectivity index (χ2v) is 5.50. The molecule has 0 amide bonds. The van der Waals surface area contributed by atoms with Gasteiger partial charge in [0.05, 0.1) is 14.2 Å². The number of allylic oxidation sites excluding steroid dienone is 1. The quantitative estimate of drug-likeness (QED) is 0.871. The van der Waals surface area contributed by atoms with Crippen molar-refractivity contribution in [2.75, 3.05) is 14.2 Å². The molecule has 0 spiro atoms. The molecule has 0 saturated carbocycles. The van der Waals surface area contributed by atoms with Gasteiger partial charge in [-0.05, 0) is 54.9 Å². The van der Waals surface area contributed by atoms with Gasteiger partial charge in [0.15, 0.2) is 11.5 Å². The van der Waals surface area contributed by atoms with E-state index in [2.05, 4.69) is 0 Å². The van der Waals surface area contributed by atoms with Crippen LogP contribution in [-0.2, 0) is 6.42 Å². The Morgan fingerprint density at radius 2 is 1.90 bits per heavy atom. The predicted octanol–water partition coefficient (Wildman–Crippen LogP) is 2.62. The van der Waals surface area contributed by atoms with Crippen LogP contribution in [0.25, 0.3) is 5.57 Å². The van der Waals surface area contributed by atoms with Crippen molar-refractivity contribution in [3.05, 3.63) is 22.8 Å². The lowest BCUT2D eigenvalue weighted by molar-refractivity contribution is 0.331. The first-order valence-corrected chi connectivity index (χ1v) is 7.12. The average Bonchev–Trinajstić information content (AvgIpc) is 2.88. The number of phenols is 1. The molecule has 3 rings (SSSR count). The maximum Gasteiger partial charge on any atom is 0.203 e. The molecule has 1 unspecified atom stereocenters. The first-order valence-electron chi connectivity index (χ1n) is 7.12. The monoisotopic (exact) mass is 275 g/mol. The predicted molar refractivity (Wildman–Crippen MR) is 78.3 cm³/mol. The van der Waals surface area contributed by atoms with Gasteiger partial charge in [-0.1, -0.05) is 0 Å². The molecule has 0 fully saturated rings. The molecular formula is C16H21NO3. The van der Waals surface area contributed by atoms with E-state index in [-0.39, 0.29) is 11.8 Å². The van der Waals surface area contributed by atoms with Gasteiger partial charge in [-0.2, -0.15) is 0 Å². The van der Waals surface area contributed by atoms with Crippen LogP contribution in [0.3, 0.4) is 0 Å². The fourth-order valence-corrected chi connectivity index (χ4v) is 3.55. The summed E-state index contributed by atoms with van der Waals surface area (Å²) in [5.74, 6) is 1.20. The van der Waals surface area contributed by atoms with Gasteiger partial charge in [-0.25, -0.2) is 0 Å². The maximum absolute atomic E-state index is 10.1. The van der Waals surface area contributed by atoms with Crippen LogP contribution in [0.15, 0.2) is 11.6 Å². The second kappa shape index (κ2) is 5.02. The van der Waals surface area contributed by atoms with Crippen LogP contribution in [0.4, 0.5) is 0 Å². The van der Waals surface area contributed by atoms with Gasteiger partial charge in [0.25, 0.3) is 0 Å². The third-order valence-corrected chi connectivity index (χ3v) is 4.44. The fourth-order valence-electron chi connectivity index (χ4n) is 3.55. The Hall–Kier alpha value is -1.68. The zero-order valence-electron chi connectivity index (χ0n) is 12.0. The van der Waals surface area contributed by atoms with Crippen molar-refractivity contribution < 1.29 is 14.6 Å². The summed E-state index contributed by atoms with van der Waals surface area (Å²) < 4.78 is 10.9. The Bertz CT molecular complexity index is 578. The van der Waals surface area contributed by atoms with Crippen molar-refractivity contribution in [1.82, 2.24) is 0 Å². The molecule has 20 heavy (non-hydrogen) atoms. The molecule has 4 nitrogen and oxygen atoms in total. The molecule has 2 aliphatic rings. The molecule has 108 valence electrons. The van der Waals surface area contributed by atoms with E-state index in [1.54, 1.807) is 20.3 Å². The topological polar surface area (TPSA) is 64.7 Å². The van der Waals surface area contributed by atoms with Crippen molar-refractivity contribution in [3.8, 4) is 17.2 Å². The minimum atomic E-state index is 0.123. The number of aromatic hydroxyl groups is 1. The van der Waals surface area contributed by atoms with E-state index in [9.17, 15) is 5.11 Å². The summed E-state index contributed by atoms with van der Waals surface area (Å²) in [6.45, 7) is 0. The van der Waals surface area contributed by atoms with Crippen molar-refractivity contribution in [2.24, 2.45) is 5.73 Å². The fraction of sp³-hybridized carbons (Fsp3) is 0.500. The molecule has 0 heterocycles. The molecule has 0 bridgehead atoms. The Labute approximate surface area is 119 Å². The number of phenolic OH excluding ortho intramolecular Hbond substituents is 1. The number of ether oxygens (including phenoxy) is 2. The van der Waals surface area contributed by atoms with Crippen LogP contribution in [0.5, 0.6) is 17.2 Å². The van der Waals surface area contributed by atoms with Crippen LogP contribution in [-0.4, -0.2) is 25.4 Å². The smallest absolute Gasteiger partial charge is 0.203 e. The summed E-state index contributed by atoms with van der Waals surface area (Å²) >= 11 is 0. The Kier molecular flexibility index (Phi) is 3.34. The first kappa shape index (κ1) is 13.3. The number of fused-ring (bicyclic) bond motifs is 2. The summed E-state index contributed by atoms with van der Waals surface area (Å²) in [5, 5.41) is 10.1. The molecule has 0 radical (unpaired) electrons. The number of rotatable bonds is 2. The van der Waals surface area contributed by atoms with Crippen molar-refractivity contribution in [2.45, 2.75) is 38.1 Å². The van der Waals surface area contributed by atoms with E-state index >= 15 is 0 Å². The van der Waals surface area contributed by atoms with Crippen LogP contribution in [0, 0.1) is 0 Å². The highest BCUT2D eigenvalue weighted by Crippen LogP contribution is 2.50. The van der Waals surface area contributed by atoms with Gasteiger partial charge in [0.2, 0.25) is 5.75 Å². The van der Waals surface area contributed by atoms with E-state index in [0.717, 1.165) is 43.2 Å². The summed E-state index contributed by atoms with van der Waals surface area (Å²) in [7, 11) is 3.17. The number of aryl methyl sites for hydroxylation is 1. The molecule has 4 heteroatoms. The second-order valence-electron chi connectivity index (χ2n) is 5.50. The SMILES string of the molecule is COc1c(O)cc2c(c1OC)C1=C(CCC1)C(N)CC2. The largest absolute Gasteiger partial charge is 0.504 e. The third-order valence-electron chi connectivity index (χ3n) is 4.44. The summed E-state index contributed by atoms with van der Waals surface area (Å²) in [6.07, 6.45) is 5.02. The highest BCUT2D eigenvalue weighted by Gasteiger charge is 2.30. The van der Waals surface area contributed by atoms with Gasteiger partial charge < -0.3 is 20.3 Å². The van der Waals surface area contributed by atoms with Crippen molar-refractivity contribution in [1.29, 1.82) is 0 Å². The molecular weight excluding hydrogens is 254 g/mol. The molecule has 1 aromatic carbocycles. The lowest BCUT2D eigenvalue weighted by Gasteiger charge is -2.18. The van der Waals surface area contributed by atoms with Gasteiger partial charge in [-0.3, -0.25) is 0 Å². The van der Waals surface area contributed by atoms with Crippen molar-refractivity contribution >= 4 is 5.57 Å².